The lowest BCUT2D eigenvalue weighted by atomic mass is 10.1. The van der Waals surface area contributed by atoms with Gasteiger partial charge in [-0.15, -0.1) is 0 Å². The predicted molar refractivity (Wildman–Crippen MR) is 128 cm³/mol. The van der Waals surface area contributed by atoms with Gasteiger partial charge in [0.2, 0.25) is 5.95 Å². The Hall–Kier alpha value is -3.66. The quantitative estimate of drug-likeness (QED) is 0.315. The molecule has 0 fully saturated rings. The molecule has 10 heteroatoms. The van der Waals surface area contributed by atoms with Crippen LogP contribution in [0.1, 0.15) is 16.7 Å². The first-order valence-electron chi connectivity index (χ1n) is 9.75. The molecule has 4 aromatic rings. The highest BCUT2D eigenvalue weighted by molar-refractivity contribution is 9.10. The van der Waals surface area contributed by atoms with E-state index in [9.17, 15) is 9.59 Å². The number of hydrogen-bond donors (Lipinski definition) is 2. The summed E-state index contributed by atoms with van der Waals surface area (Å²) in [5.74, 6) is 0.990. The molecule has 2 N–H and O–H groups in total. The van der Waals surface area contributed by atoms with Gasteiger partial charge in [-0.05, 0) is 30.7 Å². The first-order chi connectivity index (χ1) is 15.4. The van der Waals surface area contributed by atoms with Crippen LogP contribution < -0.4 is 21.4 Å². The number of benzene rings is 2. The topological polar surface area (TPSA) is 106 Å². The number of H-pyrrole nitrogens is 1. The van der Waals surface area contributed by atoms with Crippen molar-refractivity contribution in [3.05, 3.63) is 84.5 Å². The average molecular weight is 497 g/mol. The fourth-order valence-electron chi connectivity index (χ4n) is 3.43. The third-order valence-corrected chi connectivity index (χ3v) is 5.48. The lowest BCUT2D eigenvalue weighted by Crippen LogP contribution is -2.29. The van der Waals surface area contributed by atoms with E-state index in [2.05, 4.69) is 36.4 Å². The lowest BCUT2D eigenvalue weighted by Gasteiger charge is -2.09. The molecule has 2 aromatic heterocycles. The van der Waals surface area contributed by atoms with Crippen LogP contribution in [0.25, 0.3) is 11.2 Å². The molecule has 0 aliphatic carbocycles. The maximum absolute atomic E-state index is 12.6. The molecule has 0 saturated carbocycles. The molecule has 9 nitrogen and oxygen atoms in total. The number of anilines is 1. The molecule has 0 amide bonds. The van der Waals surface area contributed by atoms with Crippen molar-refractivity contribution in [2.45, 2.75) is 13.5 Å². The van der Waals surface area contributed by atoms with Crippen molar-refractivity contribution >= 4 is 39.3 Å². The van der Waals surface area contributed by atoms with Crippen LogP contribution >= 0.6 is 15.9 Å². The molecule has 0 unspecified atom stereocenters. The van der Waals surface area contributed by atoms with Crippen molar-refractivity contribution in [1.29, 1.82) is 0 Å². The van der Waals surface area contributed by atoms with E-state index in [4.69, 9.17) is 4.74 Å². The van der Waals surface area contributed by atoms with E-state index >= 15 is 0 Å². The van der Waals surface area contributed by atoms with Crippen LogP contribution in [0.5, 0.6) is 5.75 Å². The molecule has 0 spiro atoms. The summed E-state index contributed by atoms with van der Waals surface area (Å²) >= 11 is 3.44. The Bertz CT molecular complexity index is 1450. The van der Waals surface area contributed by atoms with Crippen molar-refractivity contribution in [3.63, 3.8) is 0 Å². The summed E-state index contributed by atoms with van der Waals surface area (Å²) in [5.41, 5.74) is 5.26. The van der Waals surface area contributed by atoms with Crippen molar-refractivity contribution in [1.82, 2.24) is 19.1 Å². The number of aromatic amines is 1. The number of methoxy groups -OCH3 is 1. The van der Waals surface area contributed by atoms with E-state index in [0.29, 0.717) is 18.2 Å². The van der Waals surface area contributed by atoms with E-state index in [-0.39, 0.29) is 11.2 Å². The smallest absolute Gasteiger partial charge is 0.329 e. The third kappa shape index (κ3) is 4.22. The molecule has 4 rings (SSSR count). The van der Waals surface area contributed by atoms with Gasteiger partial charge in [0.1, 0.15) is 5.75 Å². The lowest BCUT2D eigenvalue weighted by molar-refractivity contribution is 0.414. The zero-order valence-electron chi connectivity index (χ0n) is 17.7. The zero-order chi connectivity index (χ0) is 22.8. The predicted octanol–water partition coefficient (Wildman–Crippen LogP) is 3.00. The molecule has 2 heterocycles. The molecular formula is C22H21BrN6O3. The van der Waals surface area contributed by atoms with Crippen LogP contribution in [-0.4, -0.2) is 32.4 Å². The number of nitrogens with zero attached hydrogens (tertiary/aromatic N) is 4. The monoisotopic (exact) mass is 496 g/mol. The number of aryl methyl sites for hydroxylation is 2. The highest BCUT2D eigenvalue weighted by Crippen LogP contribution is 2.22. The Balaban J connectivity index is 1.79. The van der Waals surface area contributed by atoms with Gasteiger partial charge in [0, 0.05) is 17.1 Å². The first-order valence-corrected chi connectivity index (χ1v) is 10.5. The van der Waals surface area contributed by atoms with Crippen molar-refractivity contribution in [2.75, 3.05) is 12.5 Å². The second-order valence-corrected chi connectivity index (χ2v) is 8.17. The standard InChI is InChI=1S/C22H21BrN6O3/c1-13-5-4-6-14(9-13)12-29-18-19(28(2)22(31)26-20(18)30)25-21(29)27-24-11-15-10-16(23)7-8-17(15)32-3/h4-11H,12H2,1-3H3,(H,25,27)(H,26,30,31)/b24-11-. The molecule has 0 saturated heterocycles. The minimum atomic E-state index is -0.531. The summed E-state index contributed by atoms with van der Waals surface area (Å²) in [6.07, 6.45) is 1.60. The number of imidazole rings is 1. The van der Waals surface area contributed by atoms with E-state index in [1.165, 1.54) is 4.57 Å². The number of hydrazone groups is 1. The summed E-state index contributed by atoms with van der Waals surface area (Å²) in [6, 6.07) is 13.5. The number of fused-ring (bicyclic) bond motifs is 1. The van der Waals surface area contributed by atoms with Crippen LogP contribution in [0.4, 0.5) is 5.95 Å². The van der Waals surface area contributed by atoms with Gasteiger partial charge in [0.15, 0.2) is 11.2 Å². The molecular weight excluding hydrogens is 476 g/mol. The fourth-order valence-corrected chi connectivity index (χ4v) is 3.81. The minimum Gasteiger partial charge on any atom is -0.496 e. The molecule has 0 aliphatic rings. The SMILES string of the molecule is COc1ccc(Br)cc1/C=N\Nc1nc2c(c(=O)[nH]c(=O)n2C)n1Cc1cccc(C)c1. The molecule has 164 valence electrons. The van der Waals surface area contributed by atoms with Gasteiger partial charge in [0.05, 0.1) is 19.9 Å². The maximum atomic E-state index is 12.6. The fraction of sp³-hybridized carbons (Fsp3) is 0.182. The summed E-state index contributed by atoms with van der Waals surface area (Å²) in [7, 11) is 3.14. The van der Waals surface area contributed by atoms with Crippen LogP contribution in [0.15, 0.2) is 61.6 Å². The van der Waals surface area contributed by atoms with Gasteiger partial charge in [-0.2, -0.15) is 10.1 Å². The summed E-state index contributed by atoms with van der Waals surface area (Å²) in [5, 5.41) is 4.30. The van der Waals surface area contributed by atoms with E-state index < -0.39 is 11.2 Å². The van der Waals surface area contributed by atoms with Gasteiger partial charge in [-0.25, -0.2) is 10.2 Å². The molecule has 0 atom stereocenters. The Kier molecular flexibility index (Phi) is 5.95. The maximum Gasteiger partial charge on any atom is 0.329 e. The van der Waals surface area contributed by atoms with Crippen molar-refractivity contribution in [2.24, 2.45) is 12.1 Å². The minimum absolute atomic E-state index is 0.268. The highest BCUT2D eigenvalue weighted by Gasteiger charge is 2.17. The van der Waals surface area contributed by atoms with Crippen molar-refractivity contribution in [3.8, 4) is 5.75 Å². The average Bonchev–Trinajstić information content (AvgIpc) is 3.11. The van der Waals surface area contributed by atoms with Gasteiger partial charge in [0.25, 0.3) is 5.56 Å². The largest absolute Gasteiger partial charge is 0.496 e. The Morgan fingerprint density at radius 1 is 1.25 bits per heavy atom. The van der Waals surface area contributed by atoms with Crippen LogP contribution in [-0.2, 0) is 13.6 Å². The number of nitrogens with one attached hydrogen (secondary N) is 2. The van der Waals surface area contributed by atoms with E-state index in [0.717, 1.165) is 21.2 Å². The van der Waals surface area contributed by atoms with Crippen LogP contribution in [0.2, 0.25) is 0 Å². The Labute approximate surface area is 191 Å². The van der Waals surface area contributed by atoms with Gasteiger partial charge >= 0.3 is 5.69 Å². The van der Waals surface area contributed by atoms with Gasteiger partial charge in [-0.1, -0.05) is 45.8 Å². The summed E-state index contributed by atoms with van der Waals surface area (Å²) < 4.78 is 9.26. The number of halogens is 1. The van der Waals surface area contributed by atoms with E-state index in [1.54, 1.807) is 24.9 Å². The number of rotatable bonds is 6. The molecule has 32 heavy (non-hydrogen) atoms. The van der Waals surface area contributed by atoms with Gasteiger partial charge in [-0.3, -0.25) is 18.9 Å². The number of aromatic nitrogens is 4. The Morgan fingerprint density at radius 2 is 2.06 bits per heavy atom. The first kappa shape index (κ1) is 21.6. The second-order valence-electron chi connectivity index (χ2n) is 7.26. The van der Waals surface area contributed by atoms with Gasteiger partial charge < -0.3 is 4.74 Å². The van der Waals surface area contributed by atoms with Crippen LogP contribution in [0, 0.1) is 6.92 Å². The zero-order valence-corrected chi connectivity index (χ0v) is 19.3. The Morgan fingerprint density at radius 3 is 2.81 bits per heavy atom. The number of ether oxygens (including phenoxy) is 1. The van der Waals surface area contributed by atoms with Crippen LogP contribution in [0.3, 0.4) is 0 Å². The van der Waals surface area contributed by atoms with Crippen molar-refractivity contribution < 1.29 is 4.74 Å². The third-order valence-electron chi connectivity index (χ3n) is 4.99. The molecule has 0 bridgehead atoms. The second kappa shape index (κ2) is 8.83. The number of hydrogen-bond acceptors (Lipinski definition) is 6. The van der Waals surface area contributed by atoms with E-state index in [1.807, 2.05) is 49.4 Å². The molecule has 0 radical (unpaired) electrons. The summed E-state index contributed by atoms with van der Waals surface area (Å²) in [4.78, 5) is 31.5. The summed E-state index contributed by atoms with van der Waals surface area (Å²) in [6.45, 7) is 2.37. The highest BCUT2D eigenvalue weighted by atomic mass is 79.9. The normalized spacial score (nSPS) is 11.4. The molecule has 0 aliphatic heterocycles. The molecule has 2 aromatic carbocycles.